The lowest BCUT2D eigenvalue weighted by Gasteiger charge is -2.38. The molecule has 2 aliphatic rings. The van der Waals surface area contributed by atoms with E-state index in [-0.39, 0.29) is 23.8 Å². The van der Waals surface area contributed by atoms with E-state index in [2.05, 4.69) is 15.2 Å². The molecule has 4 rings (SSSR count). The molecule has 1 saturated heterocycles. The summed E-state index contributed by atoms with van der Waals surface area (Å²) in [5.41, 5.74) is 0.989. The SMILES string of the molecule is CC(=O)NC(C(=O)N1CCN(c2ccnc(-c3ccccc3)n2)CC1)C1CCCC1. The summed E-state index contributed by atoms with van der Waals surface area (Å²) in [6, 6.07) is 11.5. The van der Waals surface area contributed by atoms with E-state index in [1.807, 2.05) is 41.3 Å². The second-order valence-corrected chi connectivity index (χ2v) is 8.14. The molecular weight excluding hydrogens is 378 g/mol. The maximum Gasteiger partial charge on any atom is 0.245 e. The first-order valence-corrected chi connectivity index (χ1v) is 10.8. The van der Waals surface area contributed by atoms with Crippen LogP contribution in [0.3, 0.4) is 0 Å². The average molecular weight is 408 g/mol. The Morgan fingerprint density at radius 3 is 2.40 bits per heavy atom. The van der Waals surface area contributed by atoms with E-state index in [0.717, 1.165) is 37.1 Å². The summed E-state index contributed by atoms with van der Waals surface area (Å²) < 4.78 is 0. The third kappa shape index (κ3) is 4.61. The number of anilines is 1. The largest absolute Gasteiger partial charge is 0.353 e. The maximum absolute atomic E-state index is 13.2. The fourth-order valence-corrected chi connectivity index (χ4v) is 4.50. The number of rotatable bonds is 5. The zero-order chi connectivity index (χ0) is 20.9. The van der Waals surface area contributed by atoms with Crippen molar-refractivity contribution >= 4 is 17.6 Å². The molecule has 7 nitrogen and oxygen atoms in total. The van der Waals surface area contributed by atoms with Crippen LogP contribution >= 0.6 is 0 Å². The minimum atomic E-state index is -0.389. The predicted octanol–water partition coefficient (Wildman–Crippen LogP) is 2.49. The van der Waals surface area contributed by atoms with E-state index in [1.54, 1.807) is 6.20 Å². The van der Waals surface area contributed by atoms with E-state index in [4.69, 9.17) is 4.98 Å². The molecule has 0 radical (unpaired) electrons. The van der Waals surface area contributed by atoms with Crippen molar-refractivity contribution in [3.05, 3.63) is 42.6 Å². The highest BCUT2D eigenvalue weighted by Crippen LogP contribution is 2.29. The molecule has 2 amide bonds. The third-order valence-electron chi connectivity index (χ3n) is 6.08. The molecule has 1 atom stereocenters. The molecule has 1 aromatic heterocycles. The van der Waals surface area contributed by atoms with Crippen molar-refractivity contribution in [2.24, 2.45) is 5.92 Å². The Hall–Kier alpha value is -2.96. The zero-order valence-electron chi connectivity index (χ0n) is 17.5. The van der Waals surface area contributed by atoms with E-state index in [0.29, 0.717) is 32.0 Å². The van der Waals surface area contributed by atoms with Gasteiger partial charge < -0.3 is 15.1 Å². The number of hydrogen-bond acceptors (Lipinski definition) is 5. The van der Waals surface area contributed by atoms with Crippen molar-refractivity contribution in [2.75, 3.05) is 31.1 Å². The monoisotopic (exact) mass is 407 g/mol. The summed E-state index contributed by atoms with van der Waals surface area (Å²) in [4.78, 5) is 38.1. The summed E-state index contributed by atoms with van der Waals surface area (Å²) in [7, 11) is 0. The van der Waals surface area contributed by atoms with Crippen LogP contribution in [-0.2, 0) is 9.59 Å². The van der Waals surface area contributed by atoms with Crippen LogP contribution in [0.2, 0.25) is 0 Å². The van der Waals surface area contributed by atoms with Gasteiger partial charge in [-0.25, -0.2) is 9.97 Å². The van der Waals surface area contributed by atoms with Gasteiger partial charge in [-0.3, -0.25) is 9.59 Å². The topological polar surface area (TPSA) is 78.4 Å². The van der Waals surface area contributed by atoms with Crippen LogP contribution in [0.5, 0.6) is 0 Å². The van der Waals surface area contributed by atoms with Gasteiger partial charge in [-0.2, -0.15) is 0 Å². The standard InChI is InChI=1S/C23H29N5O2/c1-17(29)25-21(18-7-5-6-8-18)23(30)28-15-13-27(14-16-28)20-11-12-24-22(26-20)19-9-3-2-4-10-19/h2-4,9-12,18,21H,5-8,13-16H2,1H3,(H,25,29). The Balaban J connectivity index is 1.41. The van der Waals surface area contributed by atoms with Crippen molar-refractivity contribution < 1.29 is 9.59 Å². The van der Waals surface area contributed by atoms with Crippen LogP contribution in [0.1, 0.15) is 32.6 Å². The molecule has 1 aliphatic heterocycles. The van der Waals surface area contributed by atoms with Gasteiger partial charge in [-0.05, 0) is 24.8 Å². The maximum atomic E-state index is 13.2. The molecule has 7 heteroatoms. The van der Waals surface area contributed by atoms with Crippen LogP contribution in [0.4, 0.5) is 5.82 Å². The molecule has 30 heavy (non-hydrogen) atoms. The van der Waals surface area contributed by atoms with Crippen LogP contribution in [0, 0.1) is 5.92 Å². The third-order valence-corrected chi connectivity index (χ3v) is 6.08. The second kappa shape index (κ2) is 9.24. The molecule has 1 aromatic carbocycles. The van der Waals surface area contributed by atoms with Crippen molar-refractivity contribution in [2.45, 2.75) is 38.6 Å². The summed E-state index contributed by atoms with van der Waals surface area (Å²) >= 11 is 0. The molecule has 2 aromatic rings. The Labute approximate surface area is 177 Å². The number of carbonyl (C=O) groups is 2. The fraction of sp³-hybridized carbons (Fsp3) is 0.478. The van der Waals surface area contributed by atoms with Crippen molar-refractivity contribution in [3.8, 4) is 11.4 Å². The predicted molar refractivity (Wildman–Crippen MR) is 116 cm³/mol. The van der Waals surface area contributed by atoms with Gasteiger partial charge in [0.05, 0.1) is 0 Å². The lowest BCUT2D eigenvalue weighted by atomic mass is 9.96. The van der Waals surface area contributed by atoms with E-state index in [1.165, 1.54) is 6.92 Å². The van der Waals surface area contributed by atoms with Crippen LogP contribution < -0.4 is 10.2 Å². The number of amides is 2. The van der Waals surface area contributed by atoms with Gasteiger partial charge >= 0.3 is 0 Å². The first-order valence-electron chi connectivity index (χ1n) is 10.8. The normalized spacial score (nSPS) is 18.3. The van der Waals surface area contributed by atoms with Gasteiger partial charge in [0.15, 0.2) is 5.82 Å². The zero-order valence-corrected chi connectivity index (χ0v) is 17.5. The summed E-state index contributed by atoms with van der Waals surface area (Å²) in [6.07, 6.45) is 6.09. The fourth-order valence-electron chi connectivity index (χ4n) is 4.50. The highest BCUT2D eigenvalue weighted by atomic mass is 16.2. The number of nitrogens with one attached hydrogen (secondary N) is 1. The van der Waals surface area contributed by atoms with Gasteiger partial charge in [0.1, 0.15) is 11.9 Å². The number of hydrogen-bond donors (Lipinski definition) is 1. The molecular formula is C23H29N5O2. The number of aromatic nitrogens is 2. The summed E-state index contributed by atoms with van der Waals surface area (Å²) in [5, 5.41) is 2.92. The molecule has 1 saturated carbocycles. The number of nitrogens with zero attached hydrogens (tertiary/aromatic N) is 4. The Morgan fingerprint density at radius 1 is 1.03 bits per heavy atom. The first-order chi connectivity index (χ1) is 14.6. The minimum Gasteiger partial charge on any atom is -0.353 e. The van der Waals surface area contributed by atoms with Crippen molar-refractivity contribution in [3.63, 3.8) is 0 Å². The number of carbonyl (C=O) groups excluding carboxylic acids is 2. The molecule has 0 bridgehead atoms. The average Bonchev–Trinajstić information content (AvgIpc) is 3.32. The van der Waals surface area contributed by atoms with Crippen molar-refractivity contribution in [1.29, 1.82) is 0 Å². The number of piperazine rings is 1. The summed E-state index contributed by atoms with van der Waals surface area (Å²) in [5.74, 6) is 1.77. The van der Waals surface area contributed by atoms with Crippen LogP contribution in [0.15, 0.2) is 42.6 Å². The Kier molecular flexibility index (Phi) is 6.26. The second-order valence-electron chi connectivity index (χ2n) is 8.14. The highest BCUT2D eigenvalue weighted by molar-refractivity contribution is 5.87. The smallest absolute Gasteiger partial charge is 0.245 e. The van der Waals surface area contributed by atoms with Crippen LogP contribution in [-0.4, -0.2) is 58.9 Å². The van der Waals surface area contributed by atoms with Gasteiger partial charge in [0, 0.05) is 44.9 Å². The van der Waals surface area contributed by atoms with E-state index in [9.17, 15) is 9.59 Å². The van der Waals surface area contributed by atoms with E-state index < -0.39 is 0 Å². The summed E-state index contributed by atoms with van der Waals surface area (Å²) in [6.45, 7) is 4.19. The molecule has 158 valence electrons. The Morgan fingerprint density at radius 2 is 1.73 bits per heavy atom. The quantitative estimate of drug-likeness (QED) is 0.824. The molecule has 2 fully saturated rings. The minimum absolute atomic E-state index is 0.0596. The molecule has 2 heterocycles. The molecule has 1 aliphatic carbocycles. The van der Waals surface area contributed by atoms with Gasteiger partial charge in [0.2, 0.25) is 11.8 Å². The first kappa shape index (κ1) is 20.3. The van der Waals surface area contributed by atoms with Gasteiger partial charge in [-0.15, -0.1) is 0 Å². The van der Waals surface area contributed by atoms with Crippen molar-refractivity contribution in [1.82, 2.24) is 20.2 Å². The lowest BCUT2D eigenvalue weighted by Crippen LogP contribution is -2.56. The number of benzene rings is 1. The Bertz CT molecular complexity index is 874. The van der Waals surface area contributed by atoms with Gasteiger partial charge in [-0.1, -0.05) is 43.2 Å². The van der Waals surface area contributed by atoms with Gasteiger partial charge in [0.25, 0.3) is 0 Å². The van der Waals surface area contributed by atoms with Crippen LogP contribution in [0.25, 0.3) is 11.4 Å². The molecule has 1 unspecified atom stereocenters. The highest BCUT2D eigenvalue weighted by Gasteiger charge is 2.35. The molecule has 1 N–H and O–H groups in total. The van der Waals surface area contributed by atoms with E-state index >= 15 is 0 Å². The molecule has 0 spiro atoms. The lowest BCUT2D eigenvalue weighted by molar-refractivity contribution is -0.137.